The van der Waals surface area contributed by atoms with Crippen LogP contribution < -0.4 is 14.8 Å². The first kappa shape index (κ1) is 23.9. The topological polar surface area (TPSA) is 124 Å². The maximum absolute atomic E-state index is 12.5. The second-order valence-corrected chi connectivity index (χ2v) is 8.32. The second-order valence-electron chi connectivity index (χ2n) is 7.47. The zero-order valence-corrected chi connectivity index (χ0v) is 19.9. The number of carbonyl (C=O) groups is 4. The number of hydrogen-bond donors (Lipinski definition) is 1. The molecular formula is C24H21N3O7S. The Hall–Kier alpha value is -4.25. The number of ether oxygens (including phenoxy) is 3. The fourth-order valence-electron chi connectivity index (χ4n) is 3.54. The van der Waals surface area contributed by atoms with Crippen molar-refractivity contribution in [1.29, 1.82) is 0 Å². The van der Waals surface area contributed by atoms with E-state index in [1.165, 1.54) is 37.5 Å². The van der Waals surface area contributed by atoms with Crippen molar-refractivity contribution in [2.75, 3.05) is 26.1 Å². The van der Waals surface area contributed by atoms with E-state index in [2.05, 4.69) is 10.3 Å². The number of rotatable bonds is 8. The van der Waals surface area contributed by atoms with Crippen LogP contribution in [0.1, 0.15) is 27.6 Å². The van der Waals surface area contributed by atoms with Crippen LogP contribution in [0, 0.1) is 0 Å². The van der Waals surface area contributed by atoms with Crippen LogP contribution in [0.5, 0.6) is 11.5 Å². The van der Waals surface area contributed by atoms with E-state index >= 15 is 0 Å². The molecule has 0 aliphatic carbocycles. The number of benzene rings is 2. The van der Waals surface area contributed by atoms with Crippen molar-refractivity contribution in [2.45, 2.75) is 13.0 Å². The number of imide groups is 1. The minimum atomic E-state index is -1.19. The Balaban J connectivity index is 1.34. The standard InChI is InChI=1S/C24H21N3O7S/c1-13(27-21(29)15-6-4-5-7-16(15)22(27)30)23(31)34-11-20(28)26-24-25-17(12-35-24)14-8-9-18(32-2)19(10-14)33-3/h4-10,12-13H,11H2,1-3H3,(H,25,26,28). The van der Waals surface area contributed by atoms with E-state index < -0.39 is 36.3 Å². The van der Waals surface area contributed by atoms with Crippen molar-refractivity contribution in [2.24, 2.45) is 0 Å². The molecule has 1 aliphatic heterocycles. The van der Waals surface area contributed by atoms with E-state index in [1.54, 1.807) is 36.8 Å². The highest BCUT2D eigenvalue weighted by Crippen LogP contribution is 2.33. The summed E-state index contributed by atoms with van der Waals surface area (Å²) in [5.74, 6) is -1.52. The van der Waals surface area contributed by atoms with E-state index in [4.69, 9.17) is 14.2 Å². The zero-order valence-electron chi connectivity index (χ0n) is 19.1. The Bertz CT molecular complexity index is 1280. The molecule has 0 fully saturated rings. The third-order valence-corrected chi connectivity index (χ3v) is 6.09. The summed E-state index contributed by atoms with van der Waals surface area (Å²) in [6.45, 7) is 0.774. The Morgan fingerprint density at radius 2 is 1.69 bits per heavy atom. The minimum absolute atomic E-state index is 0.226. The van der Waals surface area contributed by atoms with Crippen molar-refractivity contribution in [1.82, 2.24) is 9.88 Å². The number of carbonyl (C=O) groups excluding carboxylic acids is 4. The number of hydrogen-bond acceptors (Lipinski definition) is 9. The van der Waals surface area contributed by atoms with Gasteiger partial charge in [-0.05, 0) is 37.3 Å². The first-order valence-electron chi connectivity index (χ1n) is 10.5. The fourth-order valence-corrected chi connectivity index (χ4v) is 4.27. The largest absolute Gasteiger partial charge is 0.493 e. The van der Waals surface area contributed by atoms with Gasteiger partial charge in [0.15, 0.2) is 23.2 Å². The Kier molecular flexibility index (Phi) is 6.78. The van der Waals surface area contributed by atoms with Crippen LogP contribution in [0.15, 0.2) is 47.8 Å². The number of nitrogens with zero attached hydrogens (tertiary/aromatic N) is 2. The molecule has 3 aromatic rings. The predicted octanol–water partition coefficient (Wildman–Crippen LogP) is 2.99. The summed E-state index contributed by atoms with van der Waals surface area (Å²) >= 11 is 1.20. The number of amides is 3. The van der Waals surface area contributed by atoms with Crippen LogP contribution in [0.3, 0.4) is 0 Å². The average Bonchev–Trinajstić information content (AvgIpc) is 3.44. The highest BCUT2D eigenvalue weighted by molar-refractivity contribution is 7.14. The van der Waals surface area contributed by atoms with Crippen LogP contribution in [-0.2, 0) is 14.3 Å². The Labute approximate surface area is 204 Å². The Morgan fingerprint density at radius 3 is 2.31 bits per heavy atom. The van der Waals surface area contributed by atoms with Gasteiger partial charge in [-0.1, -0.05) is 12.1 Å². The molecule has 0 bridgehead atoms. The number of nitrogens with one attached hydrogen (secondary N) is 1. The minimum Gasteiger partial charge on any atom is -0.493 e. The van der Waals surface area contributed by atoms with Crippen LogP contribution in [0.4, 0.5) is 5.13 Å². The van der Waals surface area contributed by atoms with Crippen molar-refractivity contribution in [3.8, 4) is 22.8 Å². The van der Waals surface area contributed by atoms with E-state index in [-0.39, 0.29) is 11.1 Å². The molecule has 2 heterocycles. The van der Waals surface area contributed by atoms with Gasteiger partial charge in [0, 0.05) is 10.9 Å². The fraction of sp³-hybridized carbons (Fsp3) is 0.208. The normalized spacial score (nSPS) is 13.3. The summed E-state index contributed by atoms with van der Waals surface area (Å²) in [5.41, 5.74) is 1.83. The summed E-state index contributed by atoms with van der Waals surface area (Å²) < 4.78 is 15.6. The quantitative estimate of drug-likeness (QED) is 0.374. The highest BCUT2D eigenvalue weighted by Gasteiger charge is 2.41. The van der Waals surface area contributed by atoms with Crippen molar-refractivity contribution in [3.05, 3.63) is 59.0 Å². The number of anilines is 1. The molecule has 0 spiro atoms. The number of aromatic nitrogens is 1. The lowest BCUT2D eigenvalue weighted by Crippen LogP contribution is -2.44. The molecule has 4 rings (SSSR count). The van der Waals surface area contributed by atoms with Gasteiger partial charge >= 0.3 is 5.97 Å². The first-order chi connectivity index (χ1) is 16.8. The van der Waals surface area contributed by atoms with Gasteiger partial charge in [-0.25, -0.2) is 9.78 Å². The molecule has 1 N–H and O–H groups in total. The molecule has 35 heavy (non-hydrogen) atoms. The summed E-state index contributed by atoms with van der Waals surface area (Å²) in [4.78, 5) is 55.0. The van der Waals surface area contributed by atoms with Gasteiger partial charge < -0.3 is 14.2 Å². The SMILES string of the molecule is COc1ccc(-c2csc(NC(=O)COC(=O)C(C)N3C(=O)c4ccccc4C3=O)n2)cc1OC. The number of esters is 1. The van der Waals surface area contributed by atoms with Crippen LogP contribution in [0.25, 0.3) is 11.3 Å². The molecule has 0 saturated heterocycles. The zero-order chi connectivity index (χ0) is 25.1. The third-order valence-electron chi connectivity index (χ3n) is 5.33. The maximum atomic E-state index is 12.5. The lowest BCUT2D eigenvalue weighted by molar-refractivity contribution is -0.150. The lowest BCUT2D eigenvalue weighted by Gasteiger charge is -2.20. The van der Waals surface area contributed by atoms with E-state index in [0.29, 0.717) is 22.3 Å². The molecule has 0 radical (unpaired) electrons. The summed E-state index contributed by atoms with van der Waals surface area (Å²) in [6, 6.07) is 10.4. The summed E-state index contributed by atoms with van der Waals surface area (Å²) in [7, 11) is 3.08. The number of thiazole rings is 1. The van der Waals surface area contributed by atoms with Gasteiger partial charge in [-0.15, -0.1) is 11.3 Å². The number of fused-ring (bicyclic) bond motifs is 1. The number of methoxy groups -OCH3 is 2. The van der Waals surface area contributed by atoms with Gasteiger partial charge in [0.1, 0.15) is 6.04 Å². The van der Waals surface area contributed by atoms with Gasteiger partial charge in [0.05, 0.1) is 31.0 Å². The van der Waals surface area contributed by atoms with Crippen molar-refractivity contribution in [3.63, 3.8) is 0 Å². The van der Waals surface area contributed by atoms with E-state index in [1.807, 2.05) is 6.07 Å². The third kappa shape index (κ3) is 4.71. The molecule has 10 nitrogen and oxygen atoms in total. The molecule has 3 amide bonds. The van der Waals surface area contributed by atoms with Gasteiger partial charge in [0.25, 0.3) is 17.7 Å². The first-order valence-corrected chi connectivity index (χ1v) is 11.3. The average molecular weight is 496 g/mol. The van der Waals surface area contributed by atoms with E-state index in [0.717, 1.165) is 10.5 Å². The molecule has 1 atom stereocenters. The molecule has 180 valence electrons. The summed E-state index contributed by atoms with van der Waals surface area (Å²) in [5, 5.41) is 4.63. The molecule has 0 saturated carbocycles. The maximum Gasteiger partial charge on any atom is 0.329 e. The Morgan fingerprint density at radius 1 is 1.03 bits per heavy atom. The van der Waals surface area contributed by atoms with Gasteiger partial charge in [-0.3, -0.25) is 24.6 Å². The van der Waals surface area contributed by atoms with Crippen LogP contribution in [0.2, 0.25) is 0 Å². The summed E-state index contributed by atoms with van der Waals surface area (Å²) in [6.07, 6.45) is 0. The molecule has 11 heteroatoms. The predicted molar refractivity (Wildman–Crippen MR) is 127 cm³/mol. The van der Waals surface area contributed by atoms with Crippen LogP contribution in [-0.4, -0.2) is 60.4 Å². The molecule has 1 aliphatic rings. The van der Waals surface area contributed by atoms with Gasteiger partial charge in [-0.2, -0.15) is 0 Å². The highest BCUT2D eigenvalue weighted by atomic mass is 32.1. The lowest BCUT2D eigenvalue weighted by atomic mass is 10.1. The van der Waals surface area contributed by atoms with Crippen molar-refractivity contribution >= 4 is 40.2 Å². The second kappa shape index (κ2) is 9.94. The molecular weight excluding hydrogens is 474 g/mol. The smallest absolute Gasteiger partial charge is 0.329 e. The van der Waals surface area contributed by atoms with Gasteiger partial charge in [0.2, 0.25) is 0 Å². The monoisotopic (exact) mass is 495 g/mol. The van der Waals surface area contributed by atoms with Crippen molar-refractivity contribution < 1.29 is 33.4 Å². The molecule has 1 unspecified atom stereocenters. The van der Waals surface area contributed by atoms with Crippen LogP contribution >= 0.6 is 11.3 Å². The van der Waals surface area contributed by atoms with E-state index in [9.17, 15) is 19.2 Å². The molecule has 2 aromatic carbocycles. The molecule has 1 aromatic heterocycles.